The van der Waals surface area contributed by atoms with Crippen molar-refractivity contribution in [2.75, 3.05) is 0 Å². The minimum atomic E-state index is -3.60. The van der Waals surface area contributed by atoms with Crippen LogP contribution in [0.3, 0.4) is 0 Å². The van der Waals surface area contributed by atoms with E-state index in [-0.39, 0.29) is 10.9 Å². The fourth-order valence-corrected chi connectivity index (χ4v) is 4.47. The first-order valence-electron chi connectivity index (χ1n) is 8.94. The normalized spacial score (nSPS) is 12.9. The van der Waals surface area contributed by atoms with E-state index in [2.05, 4.69) is 9.88 Å². The number of aryl methyl sites for hydroxylation is 3. The van der Waals surface area contributed by atoms with E-state index >= 15 is 0 Å². The first-order chi connectivity index (χ1) is 12.8. The van der Waals surface area contributed by atoms with Crippen LogP contribution in [-0.2, 0) is 10.0 Å². The summed E-state index contributed by atoms with van der Waals surface area (Å²) >= 11 is 0. The maximum Gasteiger partial charge on any atom is 0.241 e. The van der Waals surface area contributed by atoms with Gasteiger partial charge in [0.2, 0.25) is 10.0 Å². The summed E-state index contributed by atoms with van der Waals surface area (Å²) in [6.45, 7) is 7.67. The van der Waals surface area contributed by atoms with E-state index in [1.54, 1.807) is 24.3 Å². The molecule has 0 amide bonds. The van der Waals surface area contributed by atoms with Crippen molar-refractivity contribution in [3.8, 4) is 11.1 Å². The number of hydrogen-bond acceptors (Lipinski definition) is 4. The Morgan fingerprint density at radius 3 is 2.37 bits per heavy atom. The number of aromatic nitrogens is 1. The van der Waals surface area contributed by atoms with Gasteiger partial charge in [-0.15, -0.1) is 0 Å². The van der Waals surface area contributed by atoms with Crippen LogP contribution in [0.15, 0.2) is 57.9 Å². The summed E-state index contributed by atoms with van der Waals surface area (Å²) in [6.07, 6.45) is 0.635. The molecule has 0 bridgehead atoms. The van der Waals surface area contributed by atoms with Crippen molar-refractivity contribution in [2.24, 2.45) is 0 Å². The quantitative estimate of drug-likeness (QED) is 0.669. The predicted molar refractivity (Wildman–Crippen MR) is 106 cm³/mol. The van der Waals surface area contributed by atoms with Crippen LogP contribution in [0.5, 0.6) is 0 Å². The van der Waals surface area contributed by atoms with Gasteiger partial charge in [0.1, 0.15) is 5.76 Å². The molecule has 1 atom stereocenters. The molecule has 3 aromatic rings. The lowest BCUT2D eigenvalue weighted by molar-refractivity contribution is 0.393. The van der Waals surface area contributed by atoms with E-state index in [0.29, 0.717) is 6.42 Å². The van der Waals surface area contributed by atoms with Crippen LogP contribution < -0.4 is 4.72 Å². The lowest BCUT2D eigenvalue weighted by Gasteiger charge is -2.18. The molecule has 5 nitrogen and oxygen atoms in total. The van der Waals surface area contributed by atoms with E-state index in [0.717, 1.165) is 33.7 Å². The summed E-state index contributed by atoms with van der Waals surface area (Å²) in [5.41, 5.74) is 4.67. The van der Waals surface area contributed by atoms with Gasteiger partial charge >= 0.3 is 0 Å². The second kappa shape index (κ2) is 7.66. The predicted octanol–water partition coefficient (Wildman–Crippen LogP) is 4.70. The molecule has 0 fully saturated rings. The maximum absolute atomic E-state index is 12.8. The Balaban J connectivity index is 1.92. The Bertz CT molecular complexity index is 1020. The molecule has 3 rings (SSSR count). The Hall–Kier alpha value is -2.44. The highest BCUT2D eigenvalue weighted by atomic mass is 32.2. The van der Waals surface area contributed by atoms with Crippen molar-refractivity contribution in [2.45, 2.75) is 45.1 Å². The first kappa shape index (κ1) is 19.3. The molecule has 0 spiro atoms. The zero-order valence-electron chi connectivity index (χ0n) is 16.0. The molecule has 1 heterocycles. The summed E-state index contributed by atoms with van der Waals surface area (Å²) in [5, 5.41) is 4.01. The molecule has 142 valence electrons. The molecule has 2 aromatic carbocycles. The van der Waals surface area contributed by atoms with Gasteiger partial charge in [-0.3, -0.25) is 0 Å². The minimum absolute atomic E-state index is 0.272. The van der Waals surface area contributed by atoms with Crippen LogP contribution in [0.2, 0.25) is 0 Å². The number of nitrogens with zero attached hydrogens (tertiary/aromatic N) is 1. The van der Waals surface area contributed by atoms with Gasteiger partial charge in [0, 0.05) is 11.6 Å². The lowest BCUT2D eigenvalue weighted by atomic mass is 9.98. The summed E-state index contributed by atoms with van der Waals surface area (Å²) < 4.78 is 33.6. The van der Waals surface area contributed by atoms with E-state index in [9.17, 15) is 8.42 Å². The number of nitrogens with one attached hydrogen (secondary N) is 1. The third-order valence-corrected chi connectivity index (χ3v) is 6.14. The molecular formula is C21H24N2O3S. The van der Waals surface area contributed by atoms with Gasteiger partial charge in [0.25, 0.3) is 0 Å². The second-order valence-corrected chi connectivity index (χ2v) is 8.43. The lowest BCUT2D eigenvalue weighted by Crippen LogP contribution is -2.28. The Kier molecular flexibility index (Phi) is 5.48. The average molecular weight is 385 g/mol. The molecule has 0 saturated heterocycles. The third-order valence-electron chi connectivity index (χ3n) is 4.65. The molecule has 0 aliphatic rings. The van der Waals surface area contributed by atoms with E-state index < -0.39 is 10.0 Å². The highest BCUT2D eigenvalue weighted by Crippen LogP contribution is 2.30. The molecule has 0 saturated carbocycles. The van der Waals surface area contributed by atoms with Gasteiger partial charge in [-0.1, -0.05) is 48.0 Å². The third kappa shape index (κ3) is 4.12. The van der Waals surface area contributed by atoms with Gasteiger partial charge < -0.3 is 4.52 Å². The van der Waals surface area contributed by atoms with Crippen LogP contribution >= 0.6 is 0 Å². The van der Waals surface area contributed by atoms with Crippen molar-refractivity contribution in [3.63, 3.8) is 0 Å². The smallest absolute Gasteiger partial charge is 0.241 e. The van der Waals surface area contributed by atoms with Crippen molar-refractivity contribution in [1.82, 2.24) is 9.88 Å². The zero-order chi connectivity index (χ0) is 19.6. The first-order valence-corrected chi connectivity index (χ1v) is 10.4. The molecule has 1 N–H and O–H groups in total. The molecule has 0 unspecified atom stereocenters. The van der Waals surface area contributed by atoms with Gasteiger partial charge in [0.15, 0.2) is 0 Å². The van der Waals surface area contributed by atoms with Gasteiger partial charge in [-0.2, -0.15) is 0 Å². The highest BCUT2D eigenvalue weighted by molar-refractivity contribution is 7.89. The van der Waals surface area contributed by atoms with Crippen LogP contribution in [0.25, 0.3) is 11.1 Å². The monoisotopic (exact) mass is 384 g/mol. The minimum Gasteiger partial charge on any atom is -0.361 e. The van der Waals surface area contributed by atoms with Gasteiger partial charge in [-0.25, -0.2) is 13.1 Å². The molecule has 6 heteroatoms. The zero-order valence-corrected chi connectivity index (χ0v) is 16.8. The SMILES string of the molecule is CC[C@H](NS(=O)(=O)c1ccc(C)cc1)c1cccc(-c2c(C)noc2C)c1. The van der Waals surface area contributed by atoms with Crippen molar-refractivity contribution in [1.29, 1.82) is 0 Å². The number of benzene rings is 2. The fourth-order valence-electron chi connectivity index (χ4n) is 3.17. The number of rotatable bonds is 6. The van der Waals surface area contributed by atoms with Crippen LogP contribution in [0, 0.1) is 20.8 Å². The summed E-state index contributed by atoms with van der Waals surface area (Å²) in [6, 6.07) is 14.4. The molecule has 1 aromatic heterocycles. The molecular weight excluding hydrogens is 360 g/mol. The van der Waals surface area contributed by atoms with Crippen LogP contribution in [0.1, 0.15) is 42.0 Å². The van der Waals surface area contributed by atoms with Crippen molar-refractivity contribution in [3.05, 3.63) is 71.1 Å². The average Bonchev–Trinajstić information content (AvgIpc) is 2.98. The molecule has 0 radical (unpaired) electrons. The van der Waals surface area contributed by atoms with Crippen molar-refractivity contribution >= 4 is 10.0 Å². The van der Waals surface area contributed by atoms with E-state index in [4.69, 9.17) is 4.52 Å². The Morgan fingerprint density at radius 1 is 1.07 bits per heavy atom. The Morgan fingerprint density at radius 2 is 1.78 bits per heavy atom. The number of hydrogen-bond donors (Lipinski definition) is 1. The maximum atomic E-state index is 12.8. The van der Waals surface area contributed by atoms with Crippen LogP contribution in [0.4, 0.5) is 0 Å². The molecule has 27 heavy (non-hydrogen) atoms. The summed E-state index contributed by atoms with van der Waals surface area (Å²) in [5.74, 6) is 0.748. The highest BCUT2D eigenvalue weighted by Gasteiger charge is 2.21. The molecule has 0 aliphatic carbocycles. The second-order valence-electron chi connectivity index (χ2n) is 6.72. The topological polar surface area (TPSA) is 72.2 Å². The van der Waals surface area contributed by atoms with Crippen molar-refractivity contribution < 1.29 is 12.9 Å². The van der Waals surface area contributed by atoms with Gasteiger partial charge in [0.05, 0.1) is 10.6 Å². The van der Waals surface area contributed by atoms with Gasteiger partial charge in [-0.05, 0) is 56.5 Å². The number of sulfonamides is 1. The molecule has 0 aliphatic heterocycles. The van der Waals surface area contributed by atoms with E-state index in [1.807, 2.05) is 52.0 Å². The standard InChI is InChI=1S/C21H24N2O3S/c1-5-20(23-27(24,25)19-11-9-14(2)10-12-19)17-7-6-8-18(13-17)21-15(3)22-26-16(21)4/h6-13,20,23H,5H2,1-4H3/t20-/m0/s1. The summed E-state index contributed by atoms with van der Waals surface area (Å²) in [4.78, 5) is 0.272. The fraction of sp³-hybridized carbons (Fsp3) is 0.286. The Labute approximate surface area is 160 Å². The van der Waals surface area contributed by atoms with E-state index in [1.165, 1.54) is 0 Å². The van der Waals surface area contributed by atoms with Crippen LogP contribution in [-0.4, -0.2) is 13.6 Å². The largest absolute Gasteiger partial charge is 0.361 e. The summed E-state index contributed by atoms with van der Waals surface area (Å²) in [7, 11) is -3.60.